The lowest BCUT2D eigenvalue weighted by Gasteiger charge is -2.00. The molecule has 13 heavy (non-hydrogen) atoms. The highest BCUT2D eigenvalue weighted by molar-refractivity contribution is 7.99. The molecule has 3 nitrogen and oxygen atoms in total. The Morgan fingerprint density at radius 3 is 3.00 bits per heavy atom. The lowest BCUT2D eigenvalue weighted by Crippen LogP contribution is -1.93. The first kappa shape index (κ1) is 10.1. The number of nitrogens with zero attached hydrogens (tertiary/aromatic N) is 1. The smallest absolute Gasteiger partial charge is 0.0638 e. The molecule has 0 aliphatic heterocycles. The van der Waals surface area contributed by atoms with Crippen LogP contribution in [0.5, 0.6) is 0 Å². The first-order valence-electron chi connectivity index (χ1n) is 4.02. The first-order chi connectivity index (χ1) is 6.34. The molecule has 1 aromatic heterocycles. The SMILES string of the molecule is NCC=CCSc1ccncc1N. The van der Waals surface area contributed by atoms with Crippen LogP contribution < -0.4 is 11.5 Å². The van der Waals surface area contributed by atoms with Gasteiger partial charge in [-0.25, -0.2) is 0 Å². The molecule has 0 atom stereocenters. The normalized spacial score (nSPS) is 10.8. The number of rotatable bonds is 4. The van der Waals surface area contributed by atoms with Crippen LogP contribution in [0, 0.1) is 0 Å². The third-order valence-electron chi connectivity index (χ3n) is 1.45. The lowest BCUT2D eigenvalue weighted by atomic mass is 10.4. The molecule has 0 aliphatic rings. The average molecular weight is 195 g/mol. The number of hydrogen-bond acceptors (Lipinski definition) is 4. The lowest BCUT2D eigenvalue weighted by molar-refractivity contribution is 1.25. The second-order valence-electron chi connectivity index (χ2n) is 2.43. The first-order valence-corrected chi connectivity index (χ1v) is 5.00. The predicted molar refractivity (Wildman–Crippen MR) is 57.6 cm³/mol. The van der Waals surface area contributed by atoms with Gasteiger partial charge >= 0.3 is 0 Å². The number of thioether (sulfide) groups is 1. The summed E-state index contributed by atoms with van der Waals surface area (Å²) in [6, 6.07) is 1.91. The van der Waals surface area contributed by atoms with E-state index in [4.69, 9.17) is 11.5 Å². The van der Waals surface area contributed by atoms with E-state index in [1.54, 1.807) is 24.2 Å². The summed E-state index contributed by atoms with van der Waals surface area (Å²) in [7, 11) is 0. The maximum absolute atomic E-state index is 5.70. The van der Waals surface area contributed by atoms with Gasteiger partial charge in [-0.2, -0.15) is 0 Å². The van der Waals surface area contributed by atoms with Gasteiger partial charge in [0.15, 0.2) is 0 Å². The van der Waals surface area contributed by atoms with Crippen molar-refractivity contribution in [2.24, 2.45) is 5.73 Å². The monoisotopic (exact) mass is 195 g/mol. The Labute approximate surface area is 82.2 Å². The quantitative estimate of drug-likeness (QED) is 0.561. The van der Waals surface area contributed by atoms with Crippen LogP contribution in [-0.4, -0.2) is 17.3 Å². The molecule has 0 fully saturated rings. The molecule has 0 saturated carbocycles. The van der Waals surface area contributed by atoms with Crippen LogP contribution >= 0.6 is 11.8 Å². The predicted octanol–water partition coefficient (Wildman–Crippen LogP) is 1.27. The van der Waals surface area contributed by atoms with E-state index in [9.17, 15) is 0 Å². The molecule has 0 aromatic carbocycles. The van der Waals surface area contributed by atoms with Crippen LogP contribution in [0.25, 0.3) is 0 Å². The highest BCUT2D eigenvalue weighted by Gasteiger charge is 1.95. The van der Waals surface area contributed by atoms with Gasteiger partial charge in [0.05, 0.1) is 11.9 Å². The number of pyridine rings is 1. The molecule has 0 unspecified atom stereocenters. The molecule has 0 aliphatic carbocycles. The van der Waals surface area contributed by atoms with Crippen molar-refractivity contribution in [3.05, 3.63) is 30.6 Å². The van der Waals surface area contributed by atoms with Crippen LogP contribution in [-0.2, 0) is 0 Å². The minimum absolute atomic E-state index is 0.590. The molecule has 1 heterocycles. The summed E-state index contributed by atoms with van der Waals surface area (Å²) in [5.74, 6) is 0.894. The van der Waals surface area contributed by atoms with Crippen molar-refractivity contribution in [3.8, 4) is 0 Å². The van der Waals surface area contributed by atoms with Crippen molar-refractivity contribution in [1.82, 2.24) is 4.98 Å². The maximum atomic E-state index is 5.70. The number of nitrogen functional groups attached to an aromatic ring is 1. The summed E-state index contributed by atoms with van der Waals surface area (Å²) in [6.07, 6.45) is 7.37. The Kier molecular flexibility index (Phi) is 4.35. The van der Waals surface area contributed by atoms with Gasteiger partial charge in [0.2, 0.25) is 0 Å². The summed E-state index contributed by atoms with van der Waals surface area (Å²) in [4.78, 5) is 4.98. The van der Waals surface area contributed by atoms with Crippen LogP contribution in [0.4, 0.5) is 5.69 Å². The van der Waals surface area contributed by atoms with E-state index in [0.29, 0.717) is 6.54 Å². The second-order valence-corrected chi connectivity index (χ2v) is 3.49. The van der Waals surface area contributed by atoms with Gasteiger partial charge in [0, 0.05) is 23.4 Å². The van der Waals surface area contributed by atoms with Gasteiger partial charge in [-0.05, 0) is 6.07 Å². The fourth-order valence-corrected chi connectivity index (χ4v) is 1.62. The van der Waals surface area contributed by atoms with Crippen molar-refractivity contribution in [1.29, 1.82) is 0 Å². The topological polar surface area (TPSA) is 64.9 Å². The van der Waals surface area contributed by atoms with Gasteiger partial charge in [-0.15, -0.1) is 11.8 Å². The average Bonchev–Trinajstić information content (AvgIpc) is 2.15. The van der Waals surface area contributed by atoms with Crippen molar-refractivity contribution < 1.29 is 0 Å². The standard InChI is InChI=1S/C9H13N3S/c10-4-1-2-6-13-9-3-5-12-7-8(9)11/h1-3,5,7H,4,6,10-11H2. The Balaban J connectivity index is 2.45. The fraction of sp³-hybridized carbons (Fsp3) is 0.222. The number of nitrogens with two attached hydrogens (primary N) is 2. The van der Waals surface area contributed by atoms with Gasteiger partial charge in [0.1, 0.15) is 0 Å². The van der Waals surface area contributed by atoms with Crippen molar-refractivity contribution >= 4 is 17.4 Å². The Morgan fingerprint density at radius 2 is 2.31 bits per heavy atom. The summed E-state index contributed by atoms with van der Waals surface area (Å²) >= 11 is 1.68. The van der Waals surface area contributed by atoms with Crippen molar-refractivity contribution in [2.45, 2.75) is 4.90 Å². The molecular formula is C9H13N3S. The number of hydrogen-bond donors (Lipinski definition) is 2. The van der Waals surface area contributed by atoms with E-state index in [-0.39, 0.29) is 0 Å². The largest absolute Gasteiger partial charge is 0.397 e. The zero-order chi connectivity index (χ0) is 9.52. The summed E-state index contributed by atoms with van der Waals surface area (Å²) in [5.41, 5.74) is 11.7. The molecule has 1 rings (SSSR count). The van der Waals surface area contributed by atoms with Gasteiger partial charge in [-0.1, -0.05) is 12.2 Å². The van der Waals surface area contributed by atoms with E-state index in [1.165, 1.54) is 0 Å². The van der Waals surface area contributed by atoms with Crippen LogP contribution in [0.2, 0.25) is 0 Å². The molecule has 4 N–H and O–H groups in total. The van der Waals surface area contributed by atoms with E-state index < -0.39 is 0 Å². The Hall–Kier alpha value is -1.00. The van der Waals surface area contributed by atoms with E-state index >= 15 is 0 Å². The minimum Gasteiger partial charge on any atom is -0.397 e. The van der Waals surface area contributed by atoms with Crippen molar-refractivity contribution in [2.75, 3.05) is 18.0 Å². The van der Waals surface area contributed by atoms with Crippen molar-refractivity contribution in [3.63, 3.8) is 0 Å². The van der Waals surface area contributed by atoms with Gasteiger partial charge < -0.3 is 11.5 Å². The highest BCUT2D eigenvalue weighted by atomic mass is 32.2. The Bertz CT molecular complexity index is 286. The second kappa shape index (κ2) is 5.61. The van der Waals surface area contributed by atoms with Crippen LogP contribution in [0.15, 0.2) is 35.5 Å². The third-order valence-corrected chi connectivity index (χ3v) is 2.49. The molecule has 0 spiro atoms. The van der Waals surface area contributed by atoms with E-state index in [2.05, 4.69) is 4.98 Å². The van der Waals surface area contributed by atoms with E-state index in [1.807, 2.05) is 18.2 Å². The van der Waals surface area contributed by atoms with Gasteiger partial charge in [0.25, 0.3) is 0 Å². The summed E-state index contributed by atoms with van der Waals surface area (Å²) in [6.45, 7) is 0.590. The number of anilines is 1. The van der Waals surface area contributed by atoms with Crippen LogP contribution in [0.3, 0.4) is 0 Å². The highest BCUT2D eigenvalue weighted by Crippen LogP contribution is 2.22. The molecular weight excluding hydrogens is 182 g/mol. The maximum Gasteiger partial charge on any atom is 0.0638 e. The Morgan fingerprint density at radius 1 is 1.46 bits per heavy atom. The number of aromatic nitrogens is 1. The molecule has 0 bridgehead atoms. The molecule has 70 valence electrons. The minimum atomic E-state index is 0.590. The van der Waals surface area contributed by atoms with Gasteiger partial charge in [-0.3, -0.25) is 4.98 Å². The zero-order valence-electron chi connectivity index (χ0n) is 7.31. The molecule has 0 amide bonds. The van der Waals surface area contributed by atoms with Crippen LogP contribution in [0.1, 0.15) is 0 Å². The fourth-order valence-electron chi connectivity index (χ4n) is 0.828. The molecule has 4 heteroatoms. The summed E-state index contributed by atoms with van der Waals surface area (Å²) < 4.78 is 0. The molecule has 0 radical (unpaired) electrons. The molecule has 1 aromatic rings. The van der Waals surface area contributed by atoms with E-state index in [0.717, 1.165) is 16.3 Å². The zero-order valence-corrected chi connectivity index (χ0v) is 8.13. The third kappa shape index (κ3) is 3.48. The molecule has 0 saturated heterocycles. The summed E-state index contributed by atoms with van der Waals surface area (Å²) in [5, 5.41) is 0.